The Hall–Kier alpha value is -1.28. The van der Waals surface area contributed by atoms with Crippen LogP contribution in [0.5, 0.6) is 0 Å². The minimum Gasteiger partial charge on any atom is -0.459 e. The van der Waals surface area contributed by atoms with Crippen molar-refractivity contribution in [2.45, 2.75) is 58.9 Å². The second-order valence-electron chi connectivity index (χ2n) is 5.65. The number of aryl methyl sites for hydroxylation is 1. The van der Waals surface area contributed by atoms with Crippen molar-refractivity contribution in [2.24, 2.45) is 0 Å². The maximum Gasteiger partial charge on any atom is 0.134 e. The van der Waals surface area contributed by atoms with Crippen LogP contribution in [0.4, 0.5) is 0 Å². The van der Waals surface area contributed by atoms with E-state index in [1.54, 1.807) is 0 Å². The molecule has 20 heavy (non-hydrogen) atoms. The Morgan fingerprint density at radius 1 is 1.10 bits per heavy atom. The molecule has 0 saturated carbocycles. The van der Waals surface area contributed by atoms with Crippen molar-refractivity contribution >= 4 is 11.0 Å². The molecule has 2 aromatic rings. The molecule has 0 spiro atoms. The lowest BCUT2D eigenvalue weighted by molar-refractivity contribution is 0.403. The van der Waals surface area contributed by atoms with Crippen LogP contribution in [0, 0.1) is 6.92 Å². The van der Waals surface area contributed by atoms with Crippen LogP contribution in [0.2, 0.25) is 0 Å². The fourth-order valence-electron chi connectivity index (χ4n) is 2.72. The predicted octanol–water partition coefficient (Wildman–Crippen LogP) is 5.36. The zero-order valence-corrected chi connectivity index (χ0v) is 13.0. The Bertz CT molecular complexity index is 529. The first-order valence-electron chi connectivity index (χ1n) is 7.98. The SMILES string of the molecule is CCCCCCC(NCC)c1cc2cc(C)ccc2o1. The van der Waals surface area contributed by atoms with E-state index in [9.17, 15) is 0 Å². The molecular formula is C18H27NO. The van der Waals surface area contributed by atoms with E-state index in [2.05, 4.69) is 50.4 Å². The molecule has 0 aliphatic rings. The summed E-state index contributed by atoms with van der Waals surface area (Å²) in [6.07, 6.45) is 6.36. The molecule has 0 fully saturated rings. The van der Waals surface area contributed by atoms with Crippen LogP contribution in [0.3, 0.4) is 0 Å². The maximum atomic E-state index is 6.03. The Labute approximate surface area is 122 Å². The minimum atomic E-state index is 0.351. The molecule has 0 aliphatic carbocycles. The highest BCUT2D eigenvalue weighted by atomic mass is 16.3. The lowest BCUT2D eigenvalue weighted by Gasteiger charge is -2.15. The summed E-state index contributed by atoms with van der Waals surface area (Å²) in [6, 6.07) is 8.94. The summed E-state index contributed by atoms with van der Waals surface area (Å²) in [5.41, 5.74) is 2.29. The first-order valence-corrected chi connectivity index (χ1v) is 7.98. The molecule has 1 unspecified atom stereocenters. The number of furan rings is 1. The van der Waals surface area contributed by atoms with Gasteiger partial charge in [0.2, 0.25) is 0 Å². The summed E-state index contributed by atoms with van der Waals surface area (Å²) < 4.78 is 6.03. The second kappa shape index (κ2) is 7.49. The molecule has 0 saturated heterocycles. The topological polar surface area (TPSA) is 25.2 Å². The van der Waals surface area contributed by atoms with E-state index in [-0.39, 0.29) is 0 Å². The predicted molar refractivity (Wildman–Crippen MR) is 86.1 cm³/mol. The van der Waals surface area contributed by atoms with Gasteiger partial charge in [0.1, 0.15) is 11.3 Å². The zero-order chi connectivity index (χ0) is 14.4. The van der Waals surface area contributed by atoms with Crippen LogP contribution in [0.1, 0.15) is 63.3 Å². The number of benzene rings is 1. The number of fused-ring (bicyclic) bond motifs is 1. The number of unbranched alkanes of at least 4 members (excludes halogenated alkanes) is 3. The lowest BCUT2D eigenvalue weighted by atomic mass is 10.0. The summed E-state index contributed by atoms with van der Waals surface area (Å²) in [7, 11) is 0. The quantitative estimate of drug-likeness (QED) is 0.655. The molecule has 0 aliphatic heterocycles. The lowest BCUT2D eigenvalue weighted by Crippen LogP contribution is -2.20. The van der Waals surface area contributed by atoms with Gasteiger partial charge in [-0.25, -0.2) is 0 Å². The Balaban J connectivity index is 2.09. The van der Waals surface area contributed by atoms with E-state index >= 15 is 0 Å². The van der Waals surface area contributed by atoms with Gasteiger partial charge in [0, 0.05) is 5.39 Å². The van der Waals surface area contributed by atoms with Crippen molar-refractivity contribution in [3.05, 3.63) is 35.6 Å². The van der Waals surface area contributed by atoms with Crippen LogP contribution in [-0.4, -0.2) is 6.54 Å². The van der Waals surface area contributed by atoms with E-state index in [4.69, 9.17) is 4.42 Å². The molecule has 110 valence electrons. The van der Waals surface area contributed by atoms with Crippen molar-refractivity contribution in [1.29, 1.82) is 0 Å². The summed E-state index contributed by atoms with van der Waals surface area (Å²) in [5.74, 6) is 1.09. The van der Waals surface area contributed by atoms with Crippen molar-refractivity contribution < 1.29 is 4.42 Å². The highest BCUT2D eigenvalue weighted by Gasteiger charge is 2.15. The third-order valence-corrected chi connectivity index (χ3v) is 3.83. The van der Waals surface area contributed by atoms with Crippen molar-refractivity contribution in [1.82, 2.24) is 5.32 Å². The molecule has 1 atom stereocenters. The molecule has 0 radical (unpaired) electrons. The average molecular weight is 273 g/mol. The Kier molecular flexibility index (Phi) is 5.66. The van der Waals surface area contributed by atoms with Gasteiger partial charge in [0.15, 0.2) is 0 Å². The third-order valence-electron chi connectivity index (χ3n) is 3.83. The number of hydrogen-bond donors (Lipinski definition) is 1. The first-order chi connectivity index (χ1) is 9.74. The van der Waals surface area contributed by atoms with E-state index in [1.165, 1.54) is 36.6 Å². The van der Waals surface area contributed by atoms with Gasteiger partial charge in [0.25, 0.3) is 0 Å². The third kappa shape index (κ3) is 3.86. The van der Waals surface area contributed by atoms with Crippen LogP contribution in [0.25, 0.3) is 11.0 Å². The molecule has 1 aromatic carbocycles. The zero-order valence-electron chi connectivity index (χ0n) is 13.0. The van der Waals surface area contributed by atoms with Crippen molar-refractivity contribution in [3.8, 4) is 0 Å². The van der Waals surface area contributed by atoms with Crippen LogP contribution in [0.15, 0.2) is 28.7 Å². The van der Waals surface area contributed by atoms with Gasteiger partial charge < -0.3 is 9.73 Å². The molecule has 1 heterocycles. The number of rotatable bonds is 8. The monoisotopic (exact) mass is 273 g/mol. The molecule has 0 amide bonds. The molecule has 0 bridgehead atoms. The van der Waals surface area contributed by atoms with Gasteiger partial charge >= 0.3 is 0 Å². The van der Waals surface area contributed by atoms with Crippen molar-refractivity contribution in [3.63, 3.8) is 0 Å². The van der Waals surface area contributed by atoms with Gasteiger partial charge in [-0.2, -0.15) is 0 Å². The van der Waals surface area contributed by atoms with E-state index in [1.807, 2.05) is 0 Å². The highest BCUT2D eigenvalue weighted by molar-refractivity contribution is 5.78. The van der Waals surface area contributed by atoms with Crippen molar-refractivity contribution in [2.75, 3.05) is 6.54 Å². The molecule has 2 rings (SSSR count). The second-order valence-corrected chi connectivity index (χ2v) is 5.65. The molecule has 2 heteroatoms. The highest BCUT2D eigenvalue weighted by Crippen LogP contribution is 2.27. The summed E-state index contributed by atoms with van der Waals surface area (Å²) in [4.78, 5) is 0. The average Bonchev–Trinajstić information content (AvgIpc) is 2.85. The van der Waals surface area contributed by atoms with Gasteiger partial charge in [-0.1, -0.05) is 51.2 Å². The van der Waals surface area contributed by atoms with E-state index in [0.29, 0.717) is 6.04 Å². The summed E-state index contributed by atoms with van der Waals surface area (Å²) in [6.45, 7) is 7.52. The van der Waals surface area contributed by atoms with Crippen LogP contribution < -0.4 is 5.32 Å². The largest absolute Gasteiger partial charge is 0.459 e. The molecule has 1 aromatic heterocycles. The van der Waals surface area contributed by atoms with Gasteiger partial charge in [-0.15, -0.1) is 0 Å². The smallest absolute Gasteiger partial charge is 0.134 e. The molecule has 2 nitrogen and oxygen atoms in total. The maximum absolute atomic E-state index is 6.03. The number of nitrogens with one attached hydrogen (secondary N) is 1. The number of hydrogen-bond acceptors (Lipinski definition) is 2. The molecular weight excluding hydrogens is 246 g/mol. The molecule has 1 N–H and O–H groups in total. The normalized spacial score (nSPS) is 12.9. The fourth-order valence-corrected chi connectivity index (χ4v) is 2.72. The van der Waals surface area contributed by atoms with Gasteiger partial charge in [-0.3, -0.25) is 0 Å². The van der Waals surface area contributed by atoms with Crippen LogP contribution >= 0.6 is 0 Å². The van der Waals surface area contributed by atoms with Crippen LogP contribution in [-0.2, 0) is 0 Å². The van der Waals surface area contributed by atoms with Gasteiger partial charge in [-0.05, 0) is 38.1 Å². The minimum absolute atomic E-state index is 0.351. The standard InChI is InChI=1S/C18H27NO/c1-4-6-7-8-9-16(19-5-2)18-13-15-12-14(3)10-11-17(15)20-18/h10-13,16,19H,4-9H2,1-3H3. The fraction of sp³-hybridized carbons (Fsp3) is 0.556. The summed E-state index contributed by atoms with van der Waals surface area (Å²) >= 11 is 0. The van der Waals surface area contributed by atoms with Gasteiger partial charge in [0.05, 0.1) is 6.04 Å². The summed E-state index contributed by atoms with van der Waals surface area (Å²) in [5, 5.41) is 4.78. The Morgan fingerprint density at radius 3 is 2.70 bits per heavy atom. The first kappa shape index (κ1) is 15.1. The Morgan fingerprint density at radius 2 is 1.95 bits per heavy atom. The van der Waals surface area contributed by atoms with E-state index < -0.39 is 0 Å². The van der Waals surface area contributed by atoms with E-state index in [0.717, 1.165) is 24.3 Å².